The fourth-order valence-corrected chi connectivity index (χ4v) is 1.99. The van der Waals surface area contributed by atoms with E-state index in [2.05, 4.69) is 5.32 Å². The topological polar surface area (TPSA) is 49.4 Å². The minimum Gasteiger partial charge on any atom is -0.312 e. The summed E-state index contributed by atoms with van der Waals surface area (Å²) in [5, 5.41) is 3.00. The minimum atomic E-state index is -3.15. The van der Waals surface area contributed by atoms with E-state index in [1.54, 1.807) is 12.1 Å². The van der Waals surface area contributed by atoms with Crippen molar-refractivity contribution in [1.29, 1.82) is 0 Å². The molecule has 1 aromatic rings. The minimum absolute atomic E-state index is 0.0567. The van der Waals surface area contributed by atoms with Gasteiger partial charge >= 0.3 is 0 Å². The summed E-state index contributed by atoms with van der Waals surface area (Å²) in [4.78, 5) is 0. The smallest absolute Gasteiger partial charge is 0.214 e. The van der Waals surface area contributed by atoms with E-state index in [1.165, 1.54) is 30.5 Å². The summed E-state index contributed by atoms with van der Waals surface area (Å²) in [6, 6.07) is 6.10. The number of nitrogens with zero attached hydrogens (tertiary/aromatic N) is 1. The largest absolute Gasteiger partial charge is 0.312 e. The van der Waals surface area contributed by atoms with Crippen LogP contribution in [-0.2, 0) is 16.6 Å². The third-order valence-electron chi connectivity index (χ3n) is 2.34. The fourth-order valence-electron chi connectivity index (χ4n) is 1.22. The maximum atomic E-state index is 12.6. The molecule has 0 amide bonds. The zero-order valence-electron chi connectivity index (χ0n) is 9.98. The van der Waals surface area contributed by atoms with Gasteiger partial charge in [0.25, 0.3) is 0 Å². The van der Waals surface area contributed by atoms with Crippen molar-refractivity contribution in [3.63, 3.8) is 0 Å². The summed E-state index contributed by atoms with van der Waals surface area (Å²) in [5.74, 6) is -0.217. The molecule has 0 saturated heterocycles. The van der Waals surface area contributed by atoms with E-state index in [4.69, 9.17) is 0 Å². The van der Waals surface area contributed by atoms with Crippen molar-refractivity contribution in [2.75, 3.05) is 26.4 Å². The molecule has 0 bridgehead atoms. The number of hydrogen-bond acceptors (Lipinski definition) is 3. The molecule has 0 atom stereocenters. The van der Waals surface area contributed by atoms with Crippen LogP contribution < -0.4 is 5.32 Å². The van der Waals surface area contributed by atoms with Gasteiger partial charge in [-0.3, -0.25) is 0 Å². The molecule has 0 spiro atoms. The molecule has 96 valence electrons. The van der Waals surface area contributed by atoms with Crippen LogP contribution in [0.1, 0.15) is 5.56 Å². The molecule has 0 radical (unpaired) electrons. The quantitative estimate of drug-likeness (QED) is 0.770. The summed E-state index contributed by atoms with van der Waals surface area (Å²) in [7, 11) is -0.130. The van der Waals surface area contributed by atoms with Gasteiger partial charge in [-0.05, 0) is 17.7 Å². The van der Waals surface area contributed by atoms with Crippen molar-refractivity contribution in [2.45, 2.75) is 6.54 Å². The summed E-state index contributed by atoms with van der Waals surface area (Å²) in [6.07, 6.45) is 0. The van der Waals surface area contributed by atoms with Gasteiger partial charge in [-0.15, -0.1) is 0 Å². The maximum absolute atomic E-state index is 12.6. The van der Waals surface area contributed by atoms with Gasteiger partial charge in [0.2, 0.25) is 10.0 Å². The Morgan fingerprint density at radius 2 is 1.82 bits per heavy atom. The molecule has 4 nitrogen and oxygen atoms in total. The van der Waals surface area contributed by atoms with E-state index < -0.39 is 10.0 Å². The van der Waals surface area contributed by atoms with Crippen LogP contribution in [0.5, 0.6) is 0 Å². The second kappa shape index (κ2) is 6.09. The first-order chi connectivity index (χ1) is 7.92. The number of hydrogen-bond donors (Lipinski definition) is 1. The normalized spacial score (nSPS) is 12.0. The third kappa shape index (κ3) is 4.80. The van der Waals surface area contributed by atoms with Crippen molar-refractivity contribution in [2.24, 2.45) is 0 Å². The first-order valence-electron chi connectivity index (χ1n) is 5.27. The molecule has 0 aromatic heterocycles. The van der Waals surface area contributed by atoms with E-state index in [0.717, 1.165) is 5.56 Å². The summed E-state index contributed by atoms with van der Waals surface area (Å²) < 4.78 is 36.7. The van der Waals surface area contributed by atoms with Crippen molar-refractivity contribution in [1.82, 2.24) is 9.62 Å². The van der Waals surface area contributed by atoms with Crippen LogP contribution in [-0.4, -0.2) is 39.1 Å². The predicted octanol–water partition coefficient (Wildman–Crippen LogP) is 0.807. The Morgan fingerprint density at radius 1 is 1.24 bits per heavy atom. The summed E-state index contributed by atoms with van der Waals surface area (Å²) in [6.45, 7) is 0.904. The molecule has 0 aliphatic carbocycles. The molecule has 1 rings (SSSR count). The first kappa shape index (κ1) is 14.1. The van der Waals surface area contributed by atoms with Crippen molar-refractivity contribution in [3.8, 4) is 0 Å². The SMILES string of the molecule is CN(C)S(=O)(=O)CCNCc1ccc(F)cc1. The Labute approximate surface area is 101 Å². The van der Waals surface area contributed by atoms with Crippen molar-refractivity contribution in [3.05, 3.63) is 35.6 Å². The maximum Gasteiger partial charge on any atom is 0.214 e. The van der Waals surface area contributed by atoms with Crippen LogP contribution in [0.25, 0.3) is 0 Å². The van der Waals surface area contributed by atoms with E-state index >= 15 is 0 Å². The lowest BCUT2D eigenvalue weighted by Gasteiger charge is -2.11. The molecule has 0 aliphatic heterocycles. The molecule has 0 heterocycles. The van der Waals surface area contributed by atoms with Crippen LogP contribution in [0.15, 0.2) is 24.3 Å². The third-order valence-corrected chi connectivity index (χ3v) is 4.17. The molecule has 1 N–H and O–H groups in total. The van der Waals surface area contributed by atoms with E-state index in [9.17, 15) is 12.8 Å². The van der Waals surface area contributed by atoms with Crippen LogP contribution in [0.2, 0.25) is 0 Å². The average molecular weight is 260 g/mol. The van der Waals surface area contributed by atoms with Crippen LogP contribution in [0, 0.1) is 5.82 Å². The van der Waals surface area contributed by atoms with Crippen molar-refractivity contribution < 1.29 is 12.8 Å². The number of rotatable bonds is 6. The lowest BCUT2D eigenvalue weighted by atomic mass is 10.2. The summed E-state index contributed by atoms with van der Waals surface area (Å²) >= 11 is 0. The highest BCUT2D eigenvalue weighted by molar-refractivity contribution is 7.89. The standard InChI is InChI=1S/C11H17FN2O2S/c1-14(2)17(15,16)8-7-13-9-10-3-5-11(12)6-4-10/h3-6,13H,7-9H2,1-2H3. The second-order valence-corrected chi connectivity index (χ2v) is 6.20. The molecule has 6 heteroatoms. The van der Waals surface area contributed by atoms with Gasteiger partial charge in [-0.1, -0.05) is 12.1 Å². The number of halogens is 1. The molecular weight excluding hydrogens is 243 g/mol. The number of benzene rings is 1. The number of sulfonamides is 1. The molecule has 17 heavy (non-hydrogen) atoms. The zero-order chi connectivity index (χ0) is 12.9. The second-order valence-electron chi connectivity index (χ2n) is 3.90. The van der Waals surface area contributed by atoms with Crippen LogP contribution >= 0.6 is 0 Å². The monoisotopic (exact) mass is 260 g/mol. The average Bonchev–Trinajstić information content (AvgIpc) is 2.26. The lowest BCUT2D eigenvalue weighted by molar-refractivity contribution is 0.517. The van der Waals surface area contributed by atoms with Crippen molar-refractivity contribution >= 4 is 10.0 Å². The highest BCUT2D eigenvalue weighted by Crippen LogP contribution is 2.02. The highest BCUT2D eigenvalue weighted by atomic mass is 32.2. The van der Waals surface area contributed by atoms with Gasteiger partial charge in [0, 0.05) is 27.2 Å². The van der Waals surface area contributed by atoms with Gasteiger partial charge < -0.3 is 5.32 Å². The van der Waals surface area contributed by atoms with Gasteiger partial charge in [0.1, 0.15) is 5.82 Å². The highest BCUT2D eigenvalue weighted by Gasteiger charge is 2.12. The predicted molar refractivity (Wildman–Crippen MR) is 65.6 cm³/mol. The van der Waals surface area contributed by atoms with Gasteiger partial charge in [-0.2, -0.15) is 0 Å². The molecular formula is C11H17FN2O2S. The lowest BCUT2D eigenvalue weighted by Crippen LogP contribution is -2.30. The van der Waals surface area contributed by atoms with E-state index in [0.29, 0.717) is 13.1 Å². The van der Waals surface area contributed by atoms with Gasteiger partial charge in [-0.25, -0.2) is 17.1 Å². The molecule has 0 fully saturated rings. The molecule has 0 aliphatic rings. The Bertz CT molecular complexity index is 443. The Kier molecular flexibility index (Phi) is 5.04. The zero-order valence-corrected chi connectivity index (χ0v) is 10.8. The Balaban J connectivity index is 2.32. The molecule has 1 aromatic carbocycles. The fraction of sp³-hybridized carbons (Fsp3) is 0.455. The van der Waals surface area contributed by atoms with Crippen LogP contribution in [0.4, 0.5) is 4.39 Å². The molecule has 0 unspecified atom stereocenters. The van der Waals surface area contributed by atoms with Crippen LogP contribution in [0.3, 0.4) is 0 Å². The Morgan fingerprint density at radius 3 is 2.35 bits per heavy atom. The van der Waals surface area contributed by atoms with Gasteiger partial charge in [0.05, 0.1) is 5.75 Å². The van der Waals surface area contributed by atoms with Gasteiger partial charge in [0.15, 0.2) is 0 Å². The first-order valence-corrected chi connectivity index (χ1v) is 6.88. The molecule has 0 saturated carbocycles. The Hall–Kier alpha value is -0.980. The summed E-state index contributed by atoms with van der Waals surface area (Å²) in [5.41, 5.74) is 0.925. The number of nitrogens with one attached hydrogen (secondary N) is 1. The van der Waals surface area contributed by atoms with E-state index in [-0.39, 0.29) is 11.6 Å². The van der Waals surface area contributed by atoms with E-state index in [1.807, 2.05) is 0 Å².